The van der Waals surface area contributed by atoms with Crippen molar-refractivity contribution in [1.82, 2.24) is 15.5 Å². The molecule has 1 rings (SSSR count). The fourth-order valence-corrected chi connectivity index (χ4v) is 1.88. The third kappa shape index (κ3) is 6.75. The van der Waals surface area contributed by atoms with E-state index in [1.807, 2.05) is 13.8 Å². The van der Waals surface area contributed by atoms with Crippen LogP contribution < -0.4 is 10.6 Å². The fourth-order valence-electron chi connectivity index (χ4n) is 1.88. The van der Waals surface area contributed by atoms with Crippen LogP contribution in [0.25, 0.3) is 0 Å². The normalized spacial score (nSPS) is 22.2. The van der Waals surface area contributed by atoms with Gasteiger partial charge in [0, 0.05) is 25.6 Å². The molecule has 0 aromatic rings. The van der Waals surface area contributed by atoms with Gasteiger partial charge in [-0.3, -0.25) is 9.69 Å². The van der Waals surface area contributed by atoms with E-state index in [9.17, 15) is 9.90 Å². The first-order chi connectivity index (χ1) is 7.67. The first-order valence-corrected chi connectivity index (χ1v) is 6.05. The van der Waals surface area contributed by atoms with Crippen LogP contribution in [0.4, 0.5) is 0 Å². The van der Waals surface area contributed by atoms with Crippen LogP contribution >= 0.6 is 24.8 Å². The summed E-state index contributed by atoms with van der Waals surface area (Å²) in [6, 6.07) is 0. The second kappa shape index (κ2) is 10.8. The van der Waals surface area contributed by atoms with Crippen molar-refractivity contribution in [3.63, 3.8) is 0 Å². The first-order valence-electron chi connectivity index (χ1n) is 6.05. The summed E-state index contributed by atoms with van der Waals surface area (Å²) in [5.74, 6) is 0.198. The van der Waals surface area contributed by atoms with E-state index in [4.69, 9.17) is 0 Å². The summed E-state index contributed by atoms with van der Waals surface area (Å²) in [7, 11) is 0. The van der Waals surface area contributed by atoms with Gasteiger partial charge < -0.3 is 15.7 Å². The van der Waals surface area contributed by atoms with Crippen LogP contribution in [-0.2, 0) is 4.79 Å². The molecule has 0 bridgehead atoms. The molecular formula is C11H25Cl2N3O2. The number of aliphatic hydroxyl groups is 1. The second-order valence-electron chi connectivity index (χ2n) is 4.25. The van der Waals surface area contributed by atoms with E-state index in [1.165, 1.54) is 0 Å². The average molecular weight is 302 g/mol. The van der Waals surface area contributed by atoms with E-state index in [2.05, 4.69) is 15.5 Å². The molecule has 110 valence electrons. The Balaban J connectivity index is 0. The Morgan fingerprint density at radius 1 is 1.33 bits per heavy atom. The lowest BCUT2D eigenvalue weighted by Gasteiger charge is -2.19. The van der Waals surface area contributed by atoms with Gasteiger partial charge in [-0.15, -0.1) is 24.8 Å². The van der Waals surface area contributed by atoms with Crippen LogP contribution in [0.15, 0.2) is 0 Å². The predicted molar refractivity (Wildman–Crippen MR) is 77.7 cm³/mol. The quantitative estimate of drug-likeness (QED) is 0.639. The van der Waals surface area contributed by atoms with Gasteiger partial charge in [0.2, 0.25) is 5.91 Å². The van der Waals surface area contributed by atoms with Gasteiger partial charge >= 0.3 is 0 Å². The number of nitrogens with one attached hydrogen (secondary N) is 2. The molecule has 1 amide bonds. The Morgan fingerprint density at radius 3 is 2.39 bits per heavy atom. The highest BCUT2D eigenvalue weighted by Gasteiger charge is 2.24. The number of rotatable bonds is 6. The van der Waals surface area contributed by atoms with E-state index in [0.29, 0.717) is 19.6 Å². The highest BCUT2D eigenvalue weighted by molar-refractivity contribution is 5.85. The Bertz CT molecular complexity index is 228. The third-order valence-electron chi connectivity index (χ3n) is 3.13. The number of carbonyl (C=O) groups excluding carboxylic acids is 1. The molecule has 1 fully saturated rings. The Hall–Kier alpha value is -0.0700. The van der Waals surface area contributed by atoms with Crippen LogP contribution in [0.1, 0.15) is 13.8 Å². The summed E-state index contributed by atoms with van der Waals surface area (Å²) in [5.41, 5.74) is 0. The van der Waals surface area contributed by atoms with Crippen LogP contribution in [0.3, 0.4) is 0 Å². The van der Waals surface area contributed by atoms with E-state index >= 15 is 0 Å². The molecule has 0 spiro atoms. The number of nitrogens with zero attached hydrogens (tertiary/aromatic N) is 1. The van der Waals surface area contributed by atoms with Gasteiger partial charge in [-0.05, 0) is 13.1 Å². The zero-order valence-corrected chi connectivity index (χ0v) is 12.6. The van der Waals surface area contributed by atoms with Crippen LogP contribution in [0.2, 0.25) is 0 Å². The number of aliphatic hydroxyl groups excluding tert-OH is 1. The number of halogens is 2. The van der Waals surface area contributed by atoms with Gasteiger partial charge in [0.15, 0.2) is 0 Å². The summed E-state index contributed by atoms with van der Waals surface area (Å²) < 4.78 is 0. The number of likely N-dealkylation sites (N-methyl/N-ethyl adjacent to an activating group) is 1. The van der Waals surface area contributed by atoms with Gasteiger partial charge in [0.1, 0.15) is 0 Å². The SMILES string of the molecule is CCN(CC)CC(=O)NCC1CNCC1O.Cl.Cl. The first kappa shape index (κ1) is 20.3. The molecule has 2 atom stereocenters. The average Bonchev–Trinajstić information content (AvgIpc) is 2.69. The fraction of sp³-hybridized carbons (Fsp3) is 0.909. The molecule has 0 aliphatic carbocycles. The minimum atomic E-state index is -0.325. The number of amides is 1. The maximum atomic E-state index is 11.6. The maximum absolute atomic E-state index is 11.6. The van der Waals surface area contributed by atoms with Crippen molar-refractivity contribution in [1.29, 1.82) is 0 Å². The summed E-state index contributed by atoms with van der Waals surface area (Å²) in [6.45, 7) is 8.29. The highest BCUT2D eigenvalue weighted by Crippen LogP contribution is 2.06. The van der Waals surface area contributed by atoms with Crippen molar-refractivity contribution in [3.05, 3.63) is 0 Å². The monoisotopic (exact) mass is 301 g/mol. The summed E-state index contributed by atoms with van der Waals surface area (Å²) >= 11 is 0. The molecule has 0 aromatic heterocycles. The molecule has 18 heavy (non-hydrogen) atoms. The number of hydrogen-bond acceptors (Lipinski definition) is 4. The molecule has 1 saturated heterocycles. The standard InChI is InChI=1S/C11H23N3O2.2ClH/c1-3-14(4-2)8-11(16)13-6-9-5-12-7-10(9)15;;/h9-10,12,15H,3-8H2,1-2H3,(H,13,16);2*1H. The zero-order chi connectivity index (χ0) is 12.0. The Labute approximate surface area is 122 Å². The number of carbonyl (C=O) groups is 1. The number of β-amino-alcohol motifs (C(OH)–C–C–N with tert-alkyl or cyclic N) is 1. The summed E-state index contributed by atoms with van der Waals surface area (Å²) in [6.07, 6.45) is -0.325. The van der Waals surface area contributed by atoms with Crippen molar-refractivity contribution in [2.24, 2.45) is 5.92 Å². The second-order valence-corrected chi connectivity index (χ2v) is 4.25. The molecule has 0 radical (unpaired) electrons. The molecule has 1 aliphatic heterocycles. The van der Waals surface area contributed by atoms with Crippen LogP contribution in [0.5, 0.6) is 0 Å². The van der Waals surface area contributed by atoms with Crippen molar-refractivity contribution in [2.75, 3.05) is 39.3 Å². The molecule has 7 heteroatoms. The molecule has 1 aliphatic rings. The summed E-state index contributed by atoms with van der Waals surface area (Å²) in [4.78, 5) is 13.6. The lowest BCUT2D eigenvalue weighted by atomic mass is 10.1. The van der Waals surface area contributed by atoms with E-state index < -0.39 is 0 Å². The largest absolute Gasteiger partial charge is 0.391 e. The molecule has 2 unspecified atom stereocenters. The van der Waals surface area contributed by atoms with Crippen molar-refractivity contribution >= 4 is 30.7 Å². The minimum Gasteiger partial charge on any atom is -0.391 e. The van der Waals surface area contributed by atoms with Gasteiger partial charge in [-0.25, -0.2) is 0 Å². The van der Waals surface area contributed by atoms with Crippen molar-refractivity contribution in [2.45, 2.75) is 20.0 Å². The maximum Gasteiger partial charge on any atom is 0.234 e. The molecule has 1 heterocycles. The highest BCUT2D eigenvalue weighted by atomic mass is 35.5. The van der Waals surface area contributed by atoms with E-state index in [1.54, 1.807) is 0 Å². The predicted octanol–water partition coefficient (Wildman–Crippen LogP) is -0.132. The number of hydrogen-bond donors (Lipinski definition) is 3. The van der Waals surface area contributed by atoms with E-state index in [0.717, 1.165) is 19.6 Å². The van der Waals surface area contributed by atoms with E-state index in [-0.39, 0.29) is 42.7 Å². The molecule has 3 N–H and O–H groups in total. The van der Waals surface area contributed by atoms with Crippen molar-refractivity contribution < 1.29 is 9.90 Å². The smallest absolute Gasteiger partial charge is 0.234 e. The molecular weight excluding hydrogens is 277 g/mol. The summed E-state index contributed by atoms with van der Waals surface area (Å²) in [5, 5.41) is 15.5. The molecule has 0 aromatic carbocycles. The molecule has 0 saturated carbocycles. The van der Waals surface area contributed by atoms with Gasteiger partial charge in [0.05, 0.1) is 12.6 Å². The third-order valence-corrected chi connectivity index (χ3v) is 3.13. The van der Waals surface area contributed by atoms with Gasteiger partial charge in [-0.2, -0.15) is 0 Å². The van der Waals surface area contributed by atoms with Gasteiger partial charge in [-0.1, -0.05) is 13.8 Å². The van der Waals surface area contributed by atoms with Crippen LogP contribution in [-0.4, -0.2) is 61.3 Å². The Morgan fingerprint density at radius 2 is 1.94 bits per heavy atom. The molecule has 5 nitrogen and oxygen atoms in total. The zero-order valence-electron chi connectivity index (χ0n) is 11.0. The topological polar surface area (TPSA) is 64.6 Å². The minimum absolute atomic E-state index is 0. The van der Waals surface area contributed by atoms with Crippen molar-refractivity contribution in [3.8, 4) is 0 Å². The van der Waals surface area contributed by atoms with Crippen LogP contribution in [0, 0.1) is 5.92 Å². The lowest BCUT2D eigenvalue weighted by molar-refractivity contribution is -0.122. The Kier molecular flexibility index (Phi) is 12.2. The lowest BCUT2D eigenvalue weighted by Crippen LogP contribution is -2.40. The van der Waals surface area contributed by atoms with Gasteiger partial charge in [0.25, 0.3) is 0 Å².